The summed E-state index contributed by atoms with van der Waals surface area (Å²) in [6.45, 7) is 17.6. The Morgan fingerprint density at radius 3 is 0.765 bits per heavy atom. The van der Waals surface area contributed by atoms with E-state index in [1.54, 1.807) is 0 Å². The zero-order valence-corrected chi connectivity index (χ0v) is 13.8. The van der Waals surface area contributed by atoms with Crippen molar-refractivity contribution >= 4 is 0 Å². The Labute approximate surface area is 112 Å². The van der Waals surface area contributed by atoms with Crippen LogP contribution in [-0.4, -0.2) is 0 Å². The monoisotopic (exact) mass is 242 g/mol. The first-order chi connectivity index (χ1) is 7.75. The minimum Gasteiger partial charge on any atom is -0.0630 e. The first-order valence-corrected chi connectivity index (χ1v) is 7.75. The van der Waals surface area contributed by atoms with Crippen LogP contribution in [-0.2, 0) is 0 Å². The molecule has 0 amide bonds. The maximum absolute atomic E-state index is 2.31. The Balaban J connectivity index is 0. The van der Waals surface area contributed by atoms with Gasteiger partial charge >= 0.3 is 0 Å². The van der Waals surface area contributed by atoms with Gasteiger partial charge < -0.3 is 0 Å². The smallest absolute Gasteiger partial charge is 0.0443 e. The Hall–Kier alpha value is 0. The maximum Gasteiger partial charge on any atom is -0.0443 e. The molecule has 0 atom stereocenters. The van der Waals surface area contributed by atoms with Crippen molar-refractivity contribution in [2.75, 3.05) is 0 Å². The van der Waals surface area contributed by atoms with Crippen molar-refractivity contribution in [2.45, 2.75) is 87.5 Å². The van der Waals surface area contributed by atoms with E-state index >= 15 is 0 Å². The van der Waals surface area contributed by atoms with Gasteiger partial charge in [-0.25, -0.2) is 0 Å². The molecule has 2 fully saturated rings. The van der Waals surface area contributed by atoms with Crippen molar-refractivity contribution < 1.29 is 0 Å². The fourth-order valence-electron chi connectivity index (χ4n) is 0.779. The van der Waals surface area contributed by atoms with Crippen LogP contribution in [0.4, 0.5) is 0 Å². The summed E-state index contributed by atoms with van der Waals surface area (Å²) in [6, 6.07) is 0. The molecule has 0 nitrogen and oxygen atoms in total. The van der Waals surface area contributed by atoms with Crippen LogP contribution >= 0.6 is 0 Å². The van der Waals surface area contributed by atoms with Crippen LogP contribution in [0.25, 0.3) is 0 Å². The molecular formula is C17H38. The van der Waals surface area contributed by atoms with Crippen molar-refractivity contribution in [1.82, 2.24) is 0 Å². The van der Waals surface area contributed by atoms with E-state index in [0.717, 1.165) is 23.7 Å². The molecule has 0 aromatic heterocycles. The predicted molar refractivity (Wildman–Crippen MR) is 82.4 cm³/mol. The van der Waals surface area contributed by atoms with E-state index < -0.39 is 0 Å². The molecule has 0 saturated heterocycles. The maximum atomic E-state index is 2.31. The third-order valence-electron chi connectivity index (χ3n) is 2.26. The van der Waals surface area contributed by atoms with E-state index in [4.69, 9.17) is 0 Å². The zero-order chi connectivity index (χ0) is 13.8. The van der Waals surface area contributed by atoms with Gasteiger partial charge in [0.05, 0.1) is 0 Å². The topological polar surface area (TPSA) is 0 Å². The van der Waals surface area contributed by atoms with E-state index in [9.17, 15) is 0 Å². The molecule has 2 saturated carbocycles. The van der Waals surface area contributed by atoms with Gasteiger partial charge in [0.1, 0.15) is 0 Å². The third kappa shape index (κ3) is 38.7. The molecule has 0 heteroatoms. The lowest BCUT2D eigenvalue weighted by molar-refractivity contribution is 0.346. The molecule has 0 bridgehead atoms. The van der Waals surface area contributed by atoms with Crippen molar-refractivity contribution in [3.8, 4) is 0 Å². The van der Waals surface area contributed by atoms with Crippen molar-refractivity contribution in [1.29, 1.82) is 0 Å². The average Bonchev–Trinajstić information content (AvgIpc) is 2.83. The highest BCUT2D eigenvalue weighted by Crippen LogP contribution is 2.26. The standard InChI is InChI=1S/C5H10.C4H8.2C4H10/c1-5-3-2-4-5;1-4-2-3-4;2*1-4(2)3/h5H,2-4H2,1H3;4H,2-3H2,1H3;2*4H,1-3H3. The van der Waals surface area contributed by atoms with E-state index in [0.29, 0.717) is 0 Å². The fraction of sp³-hybridized carbons (Fsp3) is 1.00. The number of hydrogen-bond donors (Lipinski definition) is 0. The molecule has 0 aromatic carbocycles. The highest BCUT2D eigenvalue weighted by molar-refractivity contribution is 4.65. The summed E-state index contributed by atoms with van der Waals surface area (Å²) in [4.78, 5) is 0. The van der Waals surface area contributed by atoms with E-state index in [1.165, 1.54) is 32.1 Å². The van der Waals surface area contributed by atoms with E-state index in [1.807, 2.05) is 0 Å². The summed E-state index contributed by atoms with van der Waals surface area (Å²) in [5.74, 6) is 3.81. The van der Waals surface area contributed by atoms with E-state index in [2.05, 4.69) is 55.4 Å². The molecule has 0 aliphatic heterocycles. The van der Waals surface area contributed by atoms with Crippen LogP contribution in [0, 0.1) is 23.7 Å². The Morgan fingerprint density at radius 2 is 0.765 bits per heavy atom. The SMILES string of the molecule is CC(C)C.CC(C)C.CC1CC1.CC1CCC1. The fourth-order valence-corrected chi connectivity index (χ4v) is 0.779. The van der Waals surface area contributed by atoms with Gasteiger partial charge in [-0.1, -0.05) is 87.5 Å². The minimum absolute atomic E-state index is 0.833. The highest BCUT2D eigenvalue weighted by atomic mass is 14.2. The van der Waals surface area contributed by atoms with Gasteiger partial charge in [-0.05, 0) is 23.7 Å². The molecule has 0 aromatic rings. The lowest BCUT2D eigenvalue weighted by Gasteiger charge is -2.18. The van der Waals surface area contributed by atoms with Crippen molar-refractivity contribution in [3.63, 3.8) is 0 Å². The van der Waals surface area contributed by atoms with Gasteiger partial charge in [0.2, 0.25) is 0 Å². The average molecular weight is 242 g/mol. The summed E-state index contributed by atoms with van der Waals surface area (Å²) in [6.07, 6.45) is 7.43. The zero-order valence-electron chi connectivity index (χ0n) is 13.8. The van der Waals surface area contributed by atoms with Crippen LogP contribution in [0.15, 0.2) is 0 Å². The predicted octanol–water partition coefficient (Wildman–Crippen LogP) is 6.55. The molecule has 0 radical (unpaired) electrons. The summed E-state index contributed by atoms with van der Waals surface area (Å²) in [5.41, 5.74) is 0. The van der Waals surface area contributed by atoms with Crippen molar-refractivity contribution in [3.05, 3.63) is 0 Å². The summed E-state index contributed by atoms with van der Waals surface area (Å²) in [7, 11) is 0. The Morgan fingerprint density at radius 1 is 0.588 bits per heavy atom. The molecule has 0 spiro atoms. The molecular weight excluding hydrogens is 204 g/mol. The first kappa shape index (κ1) is 19.3. The molecule has 0 N–H and O–H groups in total. The Bertz CT molecular complexity index is 115. The normalized spacial score (nSPS) is 18.0. The number of rotatable bonds is 0. The Kier molecular flexibility index (Phi) is 14.2. The van der Waals surface area contributed by atoms with Gasteiger partial charge in [-0.15, -0.1) is 0 Å². The molecule has 2 aliphatic rings. The lowest BCUT2D eigenvalue weighted by Crippen LogP contribution is -2.04. The first-order valence-electron chi connectivity index (χ1n) is 7.75. The van der Waals surface area contributed by atoms with Gasteiger partial charge in [-0.2, -0.15) is 0 Å². The van der Waals surface area contributed by atoms with Gasteiger partial charge in [0, 0.05) is 0 Å². The summed E-state index contributed by atoms with van der Waals surface area (Å²) in [5, 5.41) is 0. The highest BCUT2D eigenvalue weighted by Gasteiger charge is 2.12. The summed E-state index contributed by atoms with van der Waals surface area (Å²) >= 11 is 0. The van der Waals surface area contributed by atoms with Crippen LogP contribution in [0.3, 0.4) is 0 Å². The van der Waals surface area contributed by atoms with Crippen LogP contribution < -0.4 is 0 Å². The molecule has 0 heterocycles. The quantitative estimate of drug-likeness (QED) is 0.452. The lowest BCUT2D eigenvalue weighted by atomic mass is 9.88. The minimum atomic E-state index is 0.833. The van der Waals surface area contributed by atoms with Gasteiger partial charge in [0.25, 0.3) is 0 Å². The number of hydrogen-bond acceptors (Lipinski definition) is 0. The molecule has 0 unspecified atom stereocenters. The molecule has 2 rings (SSSR count). The second-order valence-corrected chi connectivity index (χ2v) is 7.18. The molecule has 17 heavy (non-hydrogen) atoms. The second-order valence-electron chi connectivity index (χ2n) is 7.18. The van der Waals surface area contributed by atoms with Gasteiger partial charge in [0.15, 0.2) is 0 Å². The summed E-state index contributed by atoms with van der Waals surface area (Å²) < 4.78 is 0. The molecule has 2 aliphatic carbocycles. The molecule has 106 valence electrons. The van der Waals surface area contributed by atoms with Gasteiger partial charge in [-0.3, -0.25) is 0 Å². The third-order valence-corrected chi connectivity index (χ3v) is 2.26. The van der Waals surface area contributed by atoms with E-state index in [-0.39, 0.29) is 0 Å². The largest absolute Gasteiger partial charge is 0.0630 e. The van der Waals surface area contributed by atoms with Crippen LogP contribution in [0.5, 0.6) is 0 Å². The van der Waals surface area contributed by atoms with Crippen molar-refractivity contribution in [2.24, 2.45) is 23.7 Å². The van der Waals surface area contributed by atoms with Crippen LogP contribution in [0.1, 0.15) is 87.5 Å². The second kappa shape index (κ2) is 12.5. The van der Waals surface area contributed by atoms with Crippen LogP contribution in [0.2, 0.25) is 0 Å².